The summed E-state index contributed by atoms with van der Waals surface area (Å²) in [6.07, 6.45) is 2.91. The van der Waals surface area contributed by atoms with Gasteiger partial charge in [0.25, 0.3) is 0 Å². The lowest BCUT2D eigenvalue weighted by Crippen LogP contribution is -2.57. The lowest BCUT2D eigenvalue weighted by molar-refractivity contribution is -0.133. The van der Waals surface area contributed by atoms with E-state index in [0.29, 0.717) is 13.1 Å². The SMILES string of the molecule is CN=C(NCCCN1CCCC1C(=O)N(C)C)N1CCS(=O)(=O)C(C)(C)C1.I. The average Bonchev–Trinajstić information content (AvgIpc) is 3.05. The third-order valence-electron chi connectivity index (χ3n) is 5.55. The highest BCUT2D eigenvalue weighted by Gasteiger charge is 2.41. The molecule has 1 amide bonds. The summed E-state index contributed by atoms with van der Waals surface area (Å²) in [7, 11) is 2.29. The number of guanidine groups is 1. The molecule has 2 aliphatic rings. The van der Waals surface area contributed by atoms with E-state index in [2.05, 4.69) is 15.2 Å². The van der Waals surface area contributed by atoms with Gasteiger partial charge in [-0.15, -0.1) is 24.0 Å². The van der Waals surface area contributed by atoms with Crippen LogP contribution in [0.2, 0.25) is 0 Å². The van der Waals surface area contributed by atoms with E-state index in [-0.39, 0.29) is 41.7 Å². The number of carbonyl (C=O) groups is 1. The largest absolute Gasteiger partial charge is 0.356 e. The van der Waals surface area contributed by atoms with Crippen LogP contribution in [0.4, 0.5) is 0 Å². The van der Waals surface area contributed by atoms with E-state index in [4.69, 9.17) is 0 Å². The van der Waals surface area contributed by atoms with Crippen LogP contribution < -0.4 is 5.32 Å². The zero-order valence-electron chi connectivity index (χ0n) is 17.8. The highest BCUT2D eigenvalue weighted by Crippen LogP contribution is 2.23. The molecule has 0 aliphatic carbocycles. The zero-order valence-corrected chi connectivity index (χ0v) is 20.9. The first-order chi connectivity index (χ1) is 12.6. The van der Waals surface area contributed by atoms with E-state index < -0.39 is 14.6 Å². The van der Waals surface area contributed by atoms with Gasteiger partial charge in [-0.2, -0.15) is 0 Å². The van der Waals surface area contributed by atoms with Gasteiger partial charge in [-0.05, 0) is 39.7 Å². The number of nitrogens with zero attached hydrogens (tertiary/aromatic N) is 4. The van der Waals surface area contributed by atoms with Crippen LogP contribution in [0.5, 0.6) is 0 Å². The van der Waals surface area contributed by atoms with Crippen LogP contribution >= 0.6 is 24.0 Å². The summed E-state index contributed by atoms with van der Waals surface area (Å²) >= 11 is 0. The molecule has 164 valence electrons. The first-order valence-corrected chi connectivity index (χ1v) is 11.4. The molecular formula is C18H36IN5O3S. The van der Waals surface area contributed by atoms with Gasteiger partial charge in [-0.1, -0.05) is 0 Å². The summed E-state index contributed by atoms with van der Waals surface area (Å²) in [5, 5.41) is 3.35. The fourth-order valence-corrected chi connectivity index (χ4v) is 5.18. The van der Waals surface area contributed by atoms with Crippen LogP contribution in [0.25, 0.3) is 0 Å². The highest BCUT2D eigenvalue weighted by atomic mass is 127. The molecule has 2 aliphatic heterocycles. The van der Waals surface area contributed by atoms with Gasteiger partial charge >= 0.3 is 0 Å². The Bertz CT molecular complexity index is 666. The van der Waals surface area contributed by atoms with Crippen LogP contribution in [0.15, 0.2) is 4.99 Å². The number of nitrogens with one attached hydrogen (secondary N) is 1. The Labute approximate surface area is 187 Å². The fraction of sp³-hybridized carbons (Fsp3) is 0.889. The fourth-order valence-electron chi connectivity index (χ4n) is 3.81. The third kappa shape index (κ3) is 5.94. The van der Waals surface area contributed by atoms with Crippen molar-refractivity contribution in [1.29, 1.82) is 0 Å². The van der Waals surface area contributed by atoms with Crippen molar-refractivity contribution in [3.63, 3.8) is 0 Å². The monoisotopic (exact) mass is 529 g/mol. The molecule has 1 atom stereocenters. The Morgan fingerprint density at radius 2 is 1.96 bits per heavy atom. The highest BCUT2D eigenvalue weighted by molar-refractivity contribution is 14.0. The molecule has 2 saturated heterocycles. The van der Waals surface area contributed by atoms with E-state index in [1.54, 1.807) is 25.8 Å². The van der Waals surface area contributed by atoms with Crippen molar-refractivity contribution in [2.75, 3.05) is 59.6 Å². The van der Waals surface area contributed by atoms with E-state index in [1.165, 1.54) is 0 Å². The zero-order chi connectivity index (χ0) is 20.2. The molecule has 0 aromatic rings. The Morgan fingerprint density at radius 3 is 2.54 bits per heavy atom. The molecule has 2 rings (SSSR count). The van der Waals surface area contributed by atoms with Crippen LogP contribution in [0.3, 0.4) is 0 Å². The molecule has 10 heteroatoms. The number of halogens is 1. The topological polar surface area (TPSA) is 85.3 Å². The van der Waals surface area contributed by atoms with Crippen molar-refractivity contribution in [2.45, 2.75) is 43.9 Å². The second kappa shape index (κ2) is 10.4. The molecule has 8 nitrogen and oxygen atoms in total. The van der Waals surface area contributed by atoms with Crippen LogP contribution in [-0.2, 0) is 14.6 Å². The summed E-state index contributed by atoms with van der Waals surface area (Å²) in [6.45, 7) is 7.05. The van der Waals surface area contributed by atoms with Crippen LogP contribution in [0, 0.1) is 0 Å². The maximum atomic E-state index is 12.3. The number of sulfone groups is 1. The normalized spacial score (nSPS) is 24.5. The summed E-state index contributed by atoms with van der Waals surface area (Å²) in [4.78, 5) is 22.5. The van der Waals surface area contributed by atoms with Crippen molar-refractivity contribution in [3.05, 3.63) is 0 Å². The molecule has 0 spiro atoms. The number of rotatable bonds is 5. The van der Waals surface area contributed by atoms with E-state index in [9.17, 15) is 13.2 Å². The summed E-state index contributed by atoms with van der Waals surface area (Å²) in [5.41, 5.74) is 0. The number of likely N-dealkylation sites (N-methyl/N-ethyl adjacent to an activating group) is 1. The van der Waals surface area contributed by atoms with Gasteiger partial charge in [-0.25, -0.2) is 8.42 Å². The first kappa shape index (κ1) is 25.4. The van der Waals surface area contributed by atoms with Gasteiger partial charge in [0.2, 0.25) is 5.91 Å². The van der Waals surface area contributed by atoms with Gasteiger partial charge < -0.3 is 15.1 Å². The van der Waals surface area contributed by atoms with Crippen molar-refractivity contribution < 1.29 is 13.2 Å². The minimum atomic E-state index is -3.06. The van der Waals surface area contributed by atoms with E-state index >= 15 is 0 Å². The van der Waals surface area contributed by atoms with Crippen molar-refractivity contribution in [2.24, 2.45) is 4.99 Å². The predicted octanol–water partition coefficient (Wildman–Crippen LogP) is 0.632. The number of amides is 1. The molecule has 2 heterocycles. The number of hydrogen-bond acceptors (Lipinski definition) is 5. The molecule has 1 N–H and O–H groups in total. The Kier molecular flexibility index (Phi) is 9.46. The van der Waals surface area contributed by atoms with Gasteiger partial charge in [-0.3, -0.25) is 14.7 Å². The van der Waals surface area contributed by atoms with Gasteiger partial charge in [0.05, 0.1) is 16.5 Å². The second-order valence-corrected chi connectivity index (χ2v) is 11.0. The lowest BCUT2D eigenvalue weighted by atomic mass is 10.2. The number of carbonyl (C=O) groups excluding carboxylic acids is 1. The standard InChI is InChI=1S/C18H35N5O3S.HI/c1-18(2)14-23(12-13-27(18,25)26)17(19-3)20-9-7-11-22-10-6-8-15(22)16(24)21(4)5;/h15H,6-14H2,1-5H3,(H,19,20);1H. The number of likely N-dealkylation sites (tertiary alicyclic amines) is 1. The van der Waals surface area contributed by atoms with Gasteiger partial charge in [0.1, 0.15) is 0 Å². The molecule has 0 aromatic carbocycles. The van der Waals surface area contributed by atoms with Crippen molar-refractivity contribution in [1.82, 2.24) is 20.0 Å². The number of hydrogen-bond donors (Lipinski definition) is 1. The average molecular weight is 529 g/mol. The predicted molar refractivity (Wildman–Crippen MR) is 124 cm³/mol. The summed E-state index contributed by atoms with van der Waals surface area (Å²) in [5.74, 6) is 1.09. The first-order valence-electron chi connectivity index (χ1n) is 9.72. The maximum Gasteiger partial charge on any atom is 0.239 e. The van der Waals surface area contributed by atoms with Gasteiger partial charge in [0.15, 0.2) is 15.8 Å². The molecule has 0 aromatic heterocycles. The quantitative estimate of drug-likeness (QED) is 0.244. The van der Waals surface area contributed by atoms with Gasteiger partial charge in [0, 0.05) is 47.3 Å². The van der Waals surface area contributed by atoms with Crippen molar-refractivity contribution >= 4 is 45.7 Å². The molecule has 2 fully saturated rings. The smallest absolute Gasteiger partial charge is 0.239 e. The molecule has 0 saturated carbocycles. The van der Waals surface area contributed by atoms with Crippen LogP contribution in [0.1, 0.15) is 33.1 Å². The minimum Gasteiger partial charge on any atom is -0.356 e. The maximum absolute atomic E-state index is 12.3. The number of aliphatic imine (C=N–C) groups is 1. The molecule has 0 radical (unpaired) electrons. The summed E-state index contributed by atoms with van der Waals surface area (Å²) in [6, 6.07) is 0.00686. The summed E-state index contributed by atoms with van der Waals surface area (Å²) < 4.78 is 23.6. The lowest BCUT2D eigenvalue weighted by Gasteiger charge is -2.39. The molecular weight excluding hydrogens is 493 g/mol. The minimum absolute atomic E-state index is 0. The Balaban J connectivity index is 0.00000392. The molecule has 28 heavy (non-hydrogen) atoms. The Hall–Kier alpha value is -0.620. The van der Waals surface area contributed by atoms with Crippen LogP contribution in [-0.4, -0.2) is 105 Å². The second-order valence-electron chi connectivity index (χ2n) is 8.25. The molecule has 1 unspecified atom stereocenters. The third-order valence-corrected chi connectivity index (χ3v) is 8.08. The van der Waals surface area contributed by atoms with Crippen molar-refractivity contribution in [3.8, 4) is 0 Å². The van der Waals surface area contributed by atoms with E-state index in [1.807, 2.05) is 19.0 Å². The molecule has 0 bridgehead atoms. The van der Waals surface area contributed by atoms with E-state index in [0.717, 1.165) is 44.9 Å². The Morgan fingerprint density at radius 1 is 1.29 bits per heavy atom.